The van der Waals surface area contributed by atoms with Crippen LogP contribution in [0.15, 0.2) is 48.5 Å². The molecule has 0 spiro atoms. The SMILES string of the molecule is CCCCCCCCCCCCCCCCCC(=O)OC(CCC(=O)O)COC(=O)[C@@H](NC(=O)OCC1c2ccccc2-c2ccccc21)C(C)C. The van der Waals surface area contributed by atoms with Crippen LogP contribution in [0.2, 0.25) is 0 Å². The molecule has 3 rings (SSSR count). The predicted octanol–water partition coefficient (Wildman–Crippen LogP) is 10.1. The number of rotatable bonds is 27. The van der Waals surface area contributed by atoms with Gasteiger partial charge in [0.25, 0.3) is 0 Å². The van der Waals surface area contributed by atoms with E-state index in [0.29, 0.717) is 6.42 Å². The maximum absolute atomic E-state index is 13.1. The number of hydrogen-bond donors (Lipinski definition) is 2. The molecular formula is C43H63NO8. The minimum absolute atomic E-state index is 0.0133. The van der Waals surface area contributed by atoms with E-state index in [1.54, 1.807) is 13.8 Å². The molecule has 0 saturated heterocycles. The molecule has 288 valence electrons. The van der Waals surface area contributed by atoms with Gasteiger partial charge in [-0.15, -0.1) is 0 Å². The highest BCUT2D eigenvalue weighted by molar-refractivity contribution is 5.82. The van der Waals surface area contributed by atoms with Crippen LogP contribution in [0.25, 0.3) is 11.1 Å². The van der Waals surface area contributed by atoms with Crippen molar-refractivity contribution >= 4 is 24.0 Å². The Morgan fingerprint density at radius 3 is 1.69 bits per heavy atom. The molecule has 0 radical (unpaired) electrons. The van der Waals surface area contributed by atoms with Gasteiger partial charge in [0.1, 0.15) is 25.4 Å². The highest BCUT2D eigenvalue weighted by atomic mass is 16.6. The van der Waals surface area contributed by atoms with Gasteiger partial charge >= 0.3 is 24.0 Å². The molecule has 0 heterocycles. The number of aliphatic carboxylic acids is 1. The van der Waals surface area contributed by atoms with Crippen LogP contribution >= 0.6 is 0 Å². The lowest BCUT2D eigenvalue weighted by molar-refractivity contribution is -0.162. The van der Waals surface area contributed by atoms with Crippen LogP contribution in [-0.2, 0) is 28.6 Å². The molecule has 2 atom stereocenters. The number of nitrogens with one attached hydrogen (secondary N) is 1. The summed E-state index contributed by atoms with van der Waals surface area (Å²) in [5.74, 6) is -2.62. The van der Waals surface area contributed by atoms with Crippen LogP contribution in [0.1, 0.15) is 153 Å². The van der Waals surface area contributed by atoms with E-state index in [0.717, 1.165) is 41.5 Å². The highest BCUT2D eigenvalue weighted by Crippen LogP contribution is 2.44. The first kappa shape index (κ1) is 42.5. The lowest BCUT2D eigenvalue weighted by Crippen LogP contribution is -2.46. The first-order valence-corrected chi connectivity index (χ1v) is 19.9. The van der Waals surface area contributed by atoms with Gasteiger partial charge in [0.05, 0.1) is 0 Å². The van der Waals surface area contributed by atoms with Crippen LogP contribution in [0.4, 0.5) is 4.79 Å². The average Bonchev–Trinajstić information content (AvgIpc) is 3.45. The molecule has 1 aliphatic carbocycles. The molecule has 1 amide bonds. The molecule has 0 bridgehead atoms. The zero-order valence-electron chi connectivity index (χ0n) is 31.9. The topological polar surface area (TPSA) is 128 Å². The van der Waals surface area contributed by atoms with E-state index in [-0.39, 0.29) is 44.3 Å². The number of carbonyl (C=O) groups excluding carboxylic acids is 3. The Bertz CT molecular complexity index is 1330. The van der Waals surface area contributed by atoms with Crippen LogP contribution < -0.4 is 5.32 Å². The number of carboxylic acids is 1. The molecule has 2 aromatic carbocycles. The van der Waals surface area contributed by atoms with E-state index in [9.17, 15) is 24.3 Å². The quantitative estimate of drug-likeness (QED) is 0.0530. The number of fused-ring (bicyclic) bond motifs is 3. The smallest absolute Gasteiger partial charge is 0.407 e. The van der Waals surface area contributed by atoms with Crippen molar-refractivity contribution in [3.63, 3.8) is 0 Å². The summed E-state index contributed by atoms with van der Waals surface area (Å²) in [6, 6.07) is 15.1. The van der Waals surface area contributed by atoms with Crippen LogP contribution in [0.5, 0.6) is 0 Å². The Hall–Kier alpha value is -3.88. The van der Waals surface area contributed by atoms with Crippen molar-refractivity contribution in [3.05, 3.63) is 59.7 Å². The molecule has 2 N–H and O–H groups in total. The number of carbonyl (C=O) groups is 4. The Morgan fingerprint density at radius 1 is 0.692 bits per heavy atom. The van der Waals surface area contributed by atoms with Crippen LogP contribution in [0, 0.1) is 5.92 Å². The van der Waals surface area contributed by atoms with Crippen LogP contribution in [-0.4, -0.2) is 54.5 Å². The summed E-state index contributed by atoms with van der Waals surface area (Å²) in [7, 11) is 0. The summed E-state index contributed by atoms with van der Waals surface area (Å²) >= 11 is 0. The number of ether oxygens (including phenoxy) is 3. The number of carboxylic acid groups (broad SMARTS) is 1. The average molecular weight is 722 g/mol. The zero-order valence-corrected chi connectivity index (χ0v) is 31.9. The van der Waals surface area contributed by atoms with Crippen molar-refractivity contribution in [2.45, 2.75) is 154 Å². The molecule has 0 aliphatic heterocycles. The van der Waals surface area contributed by atoms with Crippen molar-refractivity contribution in [1.82, 2.24) is 5.32 Å². The number of unbranched alkanes of at least 4 members (excludes halogenated alkanes) is 14. The van der Waals surface area contributed by atoms with Crippen molar-refractivity contribution in [2.24, 2.45) is 5.92 Å². The number of hydrogen-bond acceptors (Lipinski definition) is 7. The van der Waals surface area contributed by atoms with Gasteiger partial charge < -0.3 is 24.6 Å². The van der Waals surface area contributed by atoms with Gasteiger partial charge in [-0.25, -0.2) is 9.59 Å². The summed E-state index contributed by atoms with van der Waals surface area (Å²) < 4.78 is 16.7. The summed E-state index contributed by atoms with van der Waals surface area (Å²) in [5, 5.41) is 11.9. The highest BCUT2D eigenvalue weighted by Gasteiger charge is 2.31. The predicted molar refractivity (Wildman–Crippen MR) is 204 cm³/mol. The Kier molecular flexibility index (Phi) is 19.9. The third-order valence-corrected chi connectivity index (χ3v) is 9.91. The molecule has 2 aromatic rings. The van der Waals surface area contributed by atoms with E-state index >= 15 is 0 Å². The molecular weight excluding hydrogens is 658 g/mol. The lowest BCUT2D eigenvalue weighted by atomic mass is 9.98. The second-order valence-electron chi connectivity index (χ2n) is 14.6. The second kappa shape index (κ2) is 24.4. The molecule has 0 aromatic heterocycles. The molecule has 1 unspecified atom stereocenters. The zero-order chi connectivity index (χ0) is 37.6. The molecule has 1 aliphatic rings. The van der Waals surface area contributed by atoms with Gasteiger partial charge in [-0.3, -0.25) is 9.59 Å². The number of alkyl carbamates (subject to hydrolysis) is 1. The molecule has 0 saturated carbocycles. The normalized spacial score (nSPS) is 13.2. The molecule has 9 heteroatoms. The van der Waals surface area contributed by atoms with Crippen LogP contribution in [0.3, 0.4) is 0 Å². The summed E-state index contributed by atoms with van der Waals surface area (Å²) in [5.41, 5.74) is 4.39. The number of amides is 1. The molecule has 52 heavy (non-hydrogen) atoms. The van der Waals surface area contributed by atoms with E-state index in [2.05, 4.69) is 24.4 Å². The minimum Gasteiger partial charge on any atom is -0.481 e. The van der Waals surface area contributed by atoms with Gasteiger partial charge in [0.2, 0.25) is 0 Å². The fourth-order valence-corrected chi connectivity index (χ4v) is 6.88. The number of benzene rings is 2. The van der Waals surface area contributed by atoms with Crippen molar-refractivity contribution in [1.29, 1.82) is 0 Å². The third-order valence-electron chi connectivity index (χ3n) is 9.91. The third kappa shape index (κ3) is 15.4. The van der Waals surface area contributed by atoms with Crippen molar-refractivity contribution in [2.75, 3.05) is 13.2 Å². The largest absolute Gasteiger partial charge is 0.481 e. The first-order chi connectivity index (χ1) is 25.2. The van der Waals surface area contributed by atoms with Gasteiger partial charge in [-0.2, -0.15) is 0 Å². The van der Waals surface area contributed by atoms with E-state index in [1.807, 2.05) is 36.4 Å². The first-order valence-electron chi connectivity index (χ1n) is 19.9. The Labute approximate surface area is 311 Å². The fourth-order valence-electron chi connectivity index (χ4n) is 6.88. The van der Waals surface area contributed by atoms with Gasteiger partial charge in [0.15, 0.2) is 0 Å². The van der Waals surface area contributed by atoms with E-state index in [1.165, 1.54) is 70.6 Å². The minimum atomic E-state index is -1.04. The van der Waals surface area contributed by atoms with Crippen molar-refractivity contribution in [3.8, 4) is 11.1 Å². The van der Waals surface area contributed by atoms with Crippen molar-refractivity contribution < 1.29 is 38.5 Å². The number of esters is 2. The maximum Gasteiger partial charge on any atom is 0.407 e. The van der Waals surface area contributed by atoms with Gasteiger partial charge in [0, 0.05) is 18.8 Å². The maximum atomic E-state index is 13.1. The monoisotopic (exact) mass is 721 g/mol. The van der Waals surface area contributed by atoms with Gasteiger partial charge in [-0.1, -0.05) is 159 Å². The van der Waals surface area contributed by atoms with E-state index in [4.69, 9.17) is 14.2 Å². The summed E-state index contributed by atoms with van der Waals surface area (Å²) in [6.07, 6.45) is 16.8. The fraction of sp³-hybridized carbons (Fsp3) is 0.628. The molecule has 9 nitrogen and oxygen atoms in total. The summed E-state index contributed by atoms with van der Waals surface area (Å²) in [4.78, 5) is 49.9. The Balaban J connectivity index is 1.35. The molecule has 0 fully saturated rings. The van der Waals surface area contributed by atoms with E-state index < -0.39 is 36.1 Å². The lowest BCUT2D eigenvalue weighted by Gasteiger charge is -2.23. The second-order valence-corrected chi connectivity index (χ2v) is 14.6. The summed E-state index contributed by atoms with van der Waals surface area (Å²) in [6.45, 7) is 5.60. The Morgan fingerprint density at radius 2 is 1.19 bits per heavy atom. The standard InChI is InChI=1S/C43H63NO8/c1-4-5-6-7-8-9-10-11-12-13-14-15-16-17-18-27-40(47)52-33(28-29-39(45)46)30-50-42(48)41(32(2)3)44-43(49)51-31-38-36-25-21-19-23-34(36)35-24-20-22-26-37(35)38/h19-26,32-33,38,41H,4-18,27-31H2,1-3H3,(H,44,49)(H,45,46)/t33?,41-/m0/s1. The van der Waals surface area contributed by atoms with Gasteiger partial charge in [-0.05, 0) is 41.0 Å².